The molecule has 0 aliphatic carbocycles. The molecule has 0 saturated carbocycles. The van der Waals surface area contributed by atoms with Crippen LogP contribution in [0.15, 0.2) is 64.2 Å². The van der Waals surface area contributed by atoms with E-state index in [1.807, 2.05) is 19.1 Å². The summed E-state index contributed by atoms with van der Waals surface area (Å²) in [6.45, 7) is 2.58. The molecular weight excluding hydrogens is 581 g/mol. The van der Waals surface area contributed by atoms with Crippen LogP contribution < -0.4 is 20.2 Å². The van der Waals surface area contributed by atoms with E-state index in [9.17, 15) is 9.59 Å². The van der Waals surface area contributed by atoms with Gasteiger partial charge in [-0.25, -0.2) is 5.43 Å². The largest absolute Gasteiger partial charge is 0.490 e. The van der Waals surface area contributed by atoms with E-state index in [1.165, 1.54) is 24.4 Å². The van der Waals surface area contributed by atoms with Crippen LogP contribution in [0.4, 0.5) is 5.69 Å². The molecule has 0 unspecified atom stereocenters. The third-order valence-electron chi connectivity index (χ3n) is 4.39. The minimum Gasteiger partial charge on any atom is -0.490 e. The molecule has 0 heterocycles. The Balaban J connectivity index is 1.64. The normalized spacial score (nSPS) is 10.8. The quantitative estimate of drug-likeness (QED) is 0.176. The van der Waals surface area contributed by atoms with Crippen molar-refractivity contribution in [1.29, 1.82) is 0 Å². The molecule has 2 N–H and O–H groups in total. The fourth-order valence-electron chi connectivity index (χ4n) is 2.78. The van der Waals surface area contributed by atoms with Crippen LogP contribution in [-0.2, 0) is 16.2 Å². The van der Waals surface area contributed by atoms with E-state index < -0.39 is 11.8 Å². The molecule has 3 aromatic carbocycles. The van der Waals surface area contributed by atoms with Crippen molar-refractivity contribution in [2.45, 2.75) is 13.5 Å². The zero-order valence-electron chi connectivity index (χ0n) is 18.3. The third-order valence-corrected chi connectivity index (χ3v) is 5.97. The number of carbonyl (C=O) groups excluding carboxylic acids is 2. The van der Waals surface area contributed by atoms with Crippen molar-refractivity contribution in [2.24, 2.45) is 5.10 Å². The Hall–Kier alpha value is -2.78. The second kappa shape index (κ2) is 12.8. The molecule has 2 amide bonds. The molecule has 3 rings (SSSR count). The van der Waals surface area contributed by atoms with Gasteiger partial charge in [0.1, 0.15) is 6.61 Å². The maximum Gasteiger partial charge on any atom is 0.329 e. The molecule has 0 aliphatic rings. The van der Waals surface area contributed by atoms with Crippen molar-refractivity contribution in [3.8, 4) is 11.5 Å². The Labute approximate surface area is 225 Å². The summed E-state index contributed by atoms with van der Waals surface area (Å²) in [6.07, 6.45) is 1.38. The van der Waals surface area contributed by atoms with Gasteiger partial charge in [0, 0.05) is 10.7 Å². The van der Waals surface area contributed by atoms with E-state index >= 15 is 0 Å². The average Bonchev–Trinajstić information content (AvgIpc) is 2.82. The SMILES string of the molecule is CCOc1cc(C=NNC(=O)C(=O)Nc2ccc(Cl)c(Cl)c2)cc(Br)c1OCc1ccc(Cl)cc1. The van der Waals surface area contributed by atoms with Gasteiger partial charge in [-0.3, -0.25) is 9.59 Å². The summed E-state index contributed by atoms with van der Waals surface area (Å²) in [5.74, 6) is -0.869. The van der Waals surface area contributed by atoms with E-state index in [1.54, 1.807) is 24.3 Å². The average molecular weight is 600 g/mol. The van der Waals surface area contributed by atoms with Gasteiger partial charge in [0.25, 0.3) is 0 Å². The first-order valence-electron chi connectivity index (χ1n) is 10.2. The minimum atomic E-state index is -0.959. The van der Waals surface area contributed by atoms with E-state index in [0.29, 0.717) is 50.5 Å². The van der Waals surface area contributed by atoms with E-state index in [-0.39, 0.29) is 5.02 Å². The predicted molar refractivity (Wildman–Crippen MR) is 142 cm³/mol. The van der Waals surface area contributed by atoms with Crippen molar-refractivity contribution >= 4 is 74.4 Å². The number of nitrogens with zero attached hydrogens (tertiary/aromatic N) is 1. The molecule has 0 saturated heterocycles. The second-order valence-electron chi connectivity index (χ2n) is 6.96. The fourth-order valence-corrected chi connectivity index (χ4v) is 3.78. The fraction of sp³-hybridized carbons (Fsp3) is 0.125. The molecule has 0 radical (unpaired) electrons. The molecule has 7 nitrogen and oxygen atoms in total. The molecule has 182 valence electrons. The number of anilines is 1. The van der Waals surface area contributed by atoms with Gasteiger partial charge >= 0.3 is 11.8 Å². The van der Waals surface area contributed by atoms with Crippen LogP contribution in [0.5, 0.6) is 11.5 Å². The zero-order chi connectivity index (χ0) is 25.4. The molecule has 0 aliphatic heterocycles. The topological polar surface area (TPSA) is 89.0 Å². The lowest BCUT2D eigenvalue weighted by Crippen LogP contribution is -2.32. The number of rotatable bonds is 8. The van der Waals surface area contributed by atoms with Crippen molar-refractivity contribution < 1.29 is 19.1 Å². The highest BCUT2D eigenvalue weighted by Gasteiger charge is 2.15. The van der Waals surface area contributed by atoms with Crippen LogP contribution >= 0.6 is 50.7 Å². The number of halogens is 4. The van der Waals surface area contributed by atoms with Gasteiger partial charge in [0.15, 0.2) is 11.5 Å². The van der Waals surface area contributed by atoms with Crippen molar-refractivity contribution in [1.82, 2.24) is 5.43 Å². The standard InChI is InChI=1S/C24H19BrCl3N3O4/c1-2-34-21-10-15(9-18(25)22(21)35-13-14-3-5-16(26)6-4-14)12-29-31-24(33)23(32)30-17-7-8-19(27)20(28)11-17/h3-12H,2,13H2,1H3,(H,30,32)(H,31,33). The van der Waals surface area contributed by atoms with Crippen molar-refractivity contribution in [2.75, 3.05) is 11.9 Å². The van der Waals surface area contributed by atoms with E-state index in [4.69, 9.17) is 44.3 Å². The van der Waals surface area contributed by atoms with Crippen molar-refractivity contribution in [3.05, 3.63) is 85.3 Å². The highest BCUT2D eigenvalue weighted by molar-refractivity contribution is 9.10. The van der Waals surface area contributed by atoms with Crippen LogP contribution in [-0.4, -0.2) is 24.6 Å². The summed E-state index contributed by atoms with van der Waals surface area (Å²) in [5, 5.41) is 7.49. The predicted octanol–water partition coefficient (Wildman–Crippen LogP) is 6.48. The molecular formula is C24H19BrCl3N3O4. The molecule has 35 heavy (non-hydrogen) atoms. The Bertz CT molecular complexity index is 1250. The summed E-state index contributed by atoms with van der Waals surface area (Å²) in [7, 11) is 0. The lowest BCUT2D eigenvalue weighted by molar-refractivity contribution is -0.136. The van der Waals surface area contributed by atoms with Crippen LogP contribution in [0.3, 0.4) is 0 Å². The van der Waals surface area contributed by atoms with E-state index in [2.05, 4.69) is 31.8 Å². The van der Waals surface area contributed by atoms with Gasteiger partial charge in [-0.05, 0) is 76.4 Å². The maximum absolute atomic E-state index is 12.1. The maximum atomic E-state index is 12.1. The molecule has 0 atom stereocenters. The number of nitrogens with one attached hydrogen (secondary N) is 2. The second-order valence-corrected chi connectivity index (χ2v) is 9.07. The molecule has 0 fully saturated rings. The Morgan fingerprint density at radius 2 is 1.71 bits per heavy atom. The summed E-state index contributed by atoms with van der Waals surface area (Å²) >= 11 is 21.2. The van der Waals surface area contributed by atoms with Gasteiger partial charge in [-0.2, -0.15) is 5.10 Å². The lowest BCUT2D eigenvalue weighted by atomic mass is 10.2. The van der Waals surface area contributed by atoms with Crippen molar-refractivity contribution in [3.63, 3.8) is 0 Å². The van der Waals surface area contributed by atoms with Gasteiger partial charge in [-0.1, -0.05) is 46.9 Å². The Morgan fingerprint density at radius 3 is 2.40 bits per heavy atom. The number of benzene rings is 3. The number of amides is 2. The van der Waals surface area contributed by atoms with Gasteiger partial charge in [-0.15, -0.1) is 0 Å². The molecule has 11 heteroatoms. The van der Waals surface area contributed by atoms with Gasteiger partial charge in [0.2, 0.25) is 0 Å². The first kappa shape index (κ1) is 26.8. The number of hydrazone groups is 1. The molecule has 3 aromatic rings. The number of hydrogen-bond acceptors (Lipinski definition) is 5. The van der Waals surface area contributed by atoms with Crippen LogP contribution in [0.2, 0.25) is 15.1 Å². The summed E-state index contributed by atoms with van der Waals surface area (Å²) in [5.41, 5.74) is 4.04. The third kappa shape index (κ3) is 7.86. The summed E-state index contributed by atoms with van der Waals surface area (Å²) in [6, 6.07) is 15.2. The molecule has 0 spiro atoms. The number of carbonyl (C=O) groups is 2. The summed E-state index contributed by atoms with van der Waals surface area (Å²) < 4.78 is 12.3. The highest BCUT2D eigenvalue weighted by Crippen LogP contribution is 2.37. The summed E-state index contributed by atoms with van der Waals surface area (Å²) in [4.78, 5) is 24.1. The first-order chi connectivity index (χ1) is 16.8. The first-order valence-corrected chi connectivity index (χ1v) is 12.1. The van der Waals surface area contributed by atoms with Crippen LogP contribution in [0.25, 0.3) is 0 Å². The smallest absolute Gasteiger partial charge is 0.329 e. The zero-order valence-corrected chi connectivity index (χ0v) is 22.1. The van der Waals surface area contributed by atoms with Crippen LogP contribution in [0.1, 0.15) is 18.1 Å². The van der Waals surface area contributed by atoms with Crippen LogP contribution in [0, 0.1) is 0 Å². The molecule has 0 aromatic heterocycles. The van der Waals surface area contributed by atoms with Gasteiger partial charge < -0.3 is 14.8 Å². The minimum absolute atomic E-state index is 0.249. The number of ether oxygens (including phenoxy) is 2. The molecule has 0 bridgehead atoms. The Kier molecular flexibility index (Phi) is 9.80. The monoisotopic (exact) mass is 597 g/mol. The lowest BCUT2D eigenvalue weighted by Gasteiger charge is -2.14. The van der Waals surface area contributed by atoms with E-state index in [0.717, 1.165) is 5.56 Å². The Morgan fingerprint density at radius 1 is 0.971 bits per heavy atom. The van der Waals surface area contributed by atoms with Gasteiger partial charge in [0.05, 0.1) is 27.3 Å². The number of hydrogen-bond donors (Lipinski definition) is 2. The highest BCUT2D eigenvalue weighted by atomic mass is 79.9.